The minimum absolute atomic E-state index is 0.00517. The van der Waals surface area contributed by atoms with Crippen LogP contribution in [-0.4, -0.2) is 30.8 Å². The molecule has 3 aromatic rings. The van der Waals surface area contributed by atoms with E-state index in [4.69, 9.17) is 0 Å². The van der Waals surface area contributed by atoms with Crippen LogP contribution >= 0.6 is 11.8 Å². The molecule has 146 valence electrons. The first-order valence-electron chi connectivity index (χ1n) is 8.47. The van der Waals surface area contributed by atoms with Crippen LogP contribution in [0.25, 0.3) is 15.8 Å². The lowest BCUT2D eigenvalue weighted by Crippen LogP contribution is -2.19. The Kier molecular flexibility index (Phi) is 4.64. The second-order valence-corrected chi connectivity index (χ2v) is 9.34. The largest absolute Gasteiger partial charge is 0.354 e. The zero-order valence-corrected chi connectivity index (χ0v) is 16.7. The van der Waals surface area contributed by atoms with Crippen molar-refractivity contribution in [3.63, 3.8) is 0 Å². The molecule has 1 aliphatic heterocycles. The molecular formula is C20H14N2O5S2. The summed E-state index contributed by atoms with van der Waals surface area (Å²) in [5, 5.41) is 2.07. The second-order valence-electron chi connectivity index (χ2n) is 6.47. The summed E-state index contributed by atoms with van der Waals surface area (Å²) in [7, 11) is -4.13. The van der Waals surface area contributed by atoms with Gasteiger partial charge in [-0.2, -0.15) is 0 Å². The standard InChI is InChI=1S/C20H14N2O5S2/c1-11-2-5-14(6-3-11)29(26,27)18(17-19(24)22-20(25)28-17)16-9-13-8-12(10-23)4-7-15(13)21-16/h2-10,21H,1H3,(H,22,24,25). The minimum Gasteiger partial charge on any atom is -0.354 e. The summed E-state index contributed by atoms with van der Waals surface area (Å²) in [5.74, 6) is -0.766. The molecule has 1 fully saturated rings. The molecule has 0 saturated carbocycles. The monoisotopic (exact) mass is 426 g/mol. The number of aldehydes is 1. The third-order valence-corrected chi connectivity index (χ3v) is 7.31. The van der Waals surface area contributed by atoms with Gasteiger partial charge in [0, 0.05) is 16.5 Å². The SMILES string of the molecule is Cc1ccc(S(=O)(=O)C(=C2SC(=O)NC2=O)c2cc3cc(C=O)ccc3[nH]2)cc1. The first-order valence-corrected chi connectivity index (χ1v) is 10.8. The number of amides is 2. The van der Waals surface area contributed by atoms with Gasteiger partial charge in [-0.1, -0.05) is 17.7 Å². The Bertz CT molecular complexity index is 1320. The average Bonchev–Trinajstić information content (AvgIpc) is 3.23. The maximum Gasteiger partial charge on any atom is 0.290 e. The highest BCUT2D eigenvalue weighted by atomic mass is 32.2. The third kappa shape index (κ3) is 3.39. The van der Waals surface area contributed by atoms with E-state index in [1.807, 2.05) is 6.92 Å². The first kappa shape index (κ1) is 19.2. The van der Waals surface area contributed by atoms with E-state index >= 15 is 0 Å². The lowest BCUT2D eigenvalue weighted by molar-refractivity contribution is -0.115. The summed E-state index contributed by atoms with van der Waals surface area (Å²) in [6.45, 7) is 1.83. The number of aromatic nitrogens is 1. The zero-order valence-electron chi connectivity index (χ0n) is 15.1. The molecule has 9 heteroatoms. The van der Waals surface area contributed by atoms with Crippen molar-refractivity contribution in [3.8, 4) is 0 Å². The quantitative estimate of drug-likeness (QED) is 0.488. The maximum atomic E-state index is 13.4. The van der Waals surface area contributed by atoms with Crippen molar-refractivity contribution in [3.05, 3.63) is 70.3 Å². The van der Waals surface area contributed by atoms with Crippen LogP contribution in [0, 0.1) is 6.92 Å². The number of carbonyl (C=O) groups excluding carboxylic acids is 3. The van der Waals surface area contributed by atoms with Crippen LogP contribution < -0.4 is 5.32 Å². The van der Waals surface area contributed by atoms with Gasteiger partial charge in [-0.3, -0.25) is 19.7 Å². The minimum atomic E-state index is -4.13. The van der Waals surface area contributed by atoms with Crippen molar-refractivity contribution in [2.24, 2.45) is 0 Å². The second kappa shape index (κ2) is 7.02. The summed E-state index contributed by atoms with van der Waals surface area (Å²) < 4.78 is 26.9. The normalized spacial score (nSPS) is 16.2. The number of imide groups is 1. The third-order valence-electron chi connectivity index (χ3n) is 4.45. The Balaban J connectivity index is 1.99. The molecule has 1 aromatic heterocycles. The predicted molar refractivity (Wildman–Crippen MR) is 110 cm³/mol. The zero-order chi connectivity index (χ0) is 20.8. The van der Waals surface area contributed by atoms with E-state index < -0.39 is 21.0 Å². The molecule has 2 N–H and O–H groups in total. The summed E-state index contributed by atoms with van der Waals surface area (Å²) in [4.78, 5) is 37.6. The van der Waals surface area contributed by atoms with Crippen molar-refractivity contribution in [2.45, 2.75) is 11.8 Å². The molecule has 0 spiro atoms. The summed E-state index contributed by atoms with van der Waals surface area (Å²) in [6.07, 6.45) is 0.688. The molecule has 0 aliphatic carbocycles. The van der Waals surface area contributed by atoms with Crippen LogP contribution in [0.1, 0.15) is 21.6 Å². The van der Waals surface area contributed by atoms with Gasteiger partial charge < -0.3 is 4.98 Å². The Labute approximate surface area is 170 Å². The van der Waals surface area contributed by atoms with E-state index in [2.05, 4.69) is 10.3 Å². The molecule has 0 unspecified atom stereocenters. The van der Waals surface area contributed by atoms with Crippen LogP contribution in [0.4, 0.5) is 4.79 Å². The molecule has 0 atom stereocenters. The fraction of sp³-hybridized carbons (Fsp3) is 0.0500. The van der Waals surface area contributed by atoms with Gasteiger partial charge in [-0.25, -0.2) is 8.42 Å². The van der Waals surface area contributed by atoms with Gasteiger partial charge in [0.1, 0.15) is 16.1 Å². The first-order chi connectivity index (χ1) is 13.8. The van der Waals surface area contributed by atoms with Gasteiger partial charge in [0.15, 0.2) is 0 Å². The number of aryl methyl sites for hydroxylation is 1. The van der Waals surface area contributed by atoms with Gasteiger partial charge in [0.2, 0.25) is 9.84 Å². The number of H-pyrrole nitrogens is 1. The van der Waals surface area contributed by atoms with Crippen LogP contribution in [0.2, 0.25) is 0 Å². The average molecular weight is 426 g/mol. The smallest absolute Gasteiger partial charge is 0.290 e. The molecule has 2 heterocycles. The molecule has 7 nitrogen and oxygen atoms in total. The van der Waals surface area contributed by atoms with E-state index in [0.29, 0.717) is 34.5 Å². The Hall–Kier alpha value is -3.17. The molecule has 2 aromatic carbocycles. The van der Waals surface area contributed by atoms with E-state index in [-0.39, 0.29) is 20.4 Å². The van der Waals surface area contributed by atoms with Crippen LogP contribution in [0.15, 0.2) is 58.3 Å². The number of aromatic amines is 1. The maximum absolute atomic E-state index is 13.4. The molecule has 4 rings (SSSR count). The topological polar surface area (TPSA) is 113 Å². The molecule has 1 aliphatic rings. The molecule has 1 saturated heterocycles. The highest BCUT2D eigenvalue weighted by Crippen LogP contribution is 2.38. The van der Waals surface area contributed by atoms with Crippen LogP contribution in [0.5, 0.6) is 0 Å². The van der Waals surface area contributed by atoms with Gasteiger partial charge >= 0.3 is 0 Å². The predicted octanol–water partition coefficient (Wildman–Crippen LogP) is 3.41. The lowest BCUT2D eigenvalue weighted by atomic mass is 10.2. The van der Waals surface area contributed by atoms with E-state index in [1.165, 1.54) is 12.1 Å². The molecule has 2 amide bonds. The number of rotatable bonds is 4. The van der Waals surface area contributed by atoms with Crippen molar-refractivity contribution in [1.82, 2.24) is 10.3 Å². The highest BCUT2D eigenvalue weighted by Gasteiger charge is 2.36. The molecular weight excluding hydrogens is 412 g/mol. The van der Waals surface area contributed by atoms with E-state index in [9.17, 15) is 22.8 Å². The number of sulfone groups is 1. The number of carbonyl (C=O) groups is 3. The molecule has 29 heavy (non-hydrogen) atoms. The van der Waals surface area contributed by atoms with Gasteiger partial charge in [0.05, 0.1) is 10.6 Å². The summed E-state index contributed by atoms with van der Waals surface area (Å²) in [6, 6.07) is 12.6. The number of hydrogen-bond donors (Lipinski definition) is 2. The van der Waals surface area contributed by atoms with Crippen molar-refractivity contribution < 1.29 is 22.8 Å². The summed E-state index contributed by atoms with van der Waals surface area (Å²) >= 11 is 0.544. The van der Waals surface area contributed by atoms with Gasteiger partial charge in [0.25, 0.3) is 11.1 Å². The van der Waals surface area contributed by atoms with Crippen molar-refractivity contribution >= 4 is 54.8 Å². The number of nitrogens with one attached hydrogen (secondary N) is 2. The van der Waals surface area contributed by atoms with Gasteiger partial charge in [-0.15, -0.1) is 0 Å². The fourth-order valence-corrected chi connectivity index (χ4v) is 5.63. The Morgan fingerprint density at radius 1 is 1.03 bits per heavy atom. The number of benzene rings is 2. The fourth-order valence-electron chi connectivity index (χ4n) is 3.03. The Morgan fingerprint density at radius 2 is 1.76 bits per heavy atom. The van der Waals surface area contributed by atoms with E-state index in [0.717, 1.165) is 5.56 Å². The number of hydrogen-bond acceptors (Lipinski definition) is 6. The molecule has 0 radical (unpaired) electrons. The summed E-state index contributed by atoms with van der Waals surface area (Å²) in [5.41, 5.74) is 2.07. The number of thioether (sulfide) groups is 1. The van der Waals surface area contributed by atoms with Crippen LogP contribution in [-0.2, 0) is 14.6 Å². The highest BCUT2D eigenvalue weighted by molar-refractivity contribution is 8.19. The van der Waals surface area contributed by atoms with Crippen LogP contribution in [0.3, 0.4) is 0 Å². The van der Waals surface area contributed by atoms with Crippen molar-refractivity contribution in [2.75, 3.05) is 0 Å². The van der Waals surface area contributed by atoms with E-state index in [1.54, 1.807) is 36.4 Å². The molecule has 0 bridgehead atoms. The van der Waals surface area contributed by atoms with Gasteiger partial charge in [-0.05, 0) is 55.1 Å². The lowest BCUT2D eigenvalue weighted by Gasteiger charge is -2.10. The van der Waals surface area contributed by atoms with Crippen molar-refractivity contribution in [1.29, 1.82) is 0 Å². The number of fused-ring (bicyclic) bond motifs is 1. The Morgan fingerprint density at radius 3 is 2.38 bits per heavy atom.